The molecule has 0 radical (unpaired) electrons. The van der Waals surface area contributed by atoms with Crippen LogP contribution in [0.1, 0.15) is 10.4 Å². The molecule has 3 aromatic rings. The molecule has 0 atom stereocenters. The number of nitrogens with zero attached hydrogens (tertiary/aromatic N) is 1. The molecule has 1 amide bonds. The number of anilines is 1. The fourth-order valence-electron chi connectivity index (χ4n) is 2.53. The minimum atomic E-state index is -0.392. The van der Waals surface area contributed by atoms with E-state index in [1.807, 2.05) is 18.2 Å². The number of para-hydroxylation sites is 1. The van der Waals surface area contributed by atoms with Gasteiger partial charge in [-0.15, -0.1) is 0 Å². The second-order valence-corrected chi connectivity index (χ2v) is 5.95. The highest BCUT2D eigenvalue weighted by Gasteiger charge is 2.12. The van der Waals surface area contributed by atoms with Gasteiger partial charge >= 0.3 is 0 Å². The summed E-state index contributed by atoms with van der Waals surface area (Å²) in [6.45, 7) is 0. The highest BCUT2D eigenvalue weighted by molar-refractivity contribution is 7.80. The quantitative estimate of drug-likeness (QED) is 0.381. The average molecular weight is 401 g/mol. The zero-order chi connectivity index (χ0) is 20.1. The van der Waals surface area contributed by atoms with E-state index in [1.165, 1.54) is 14.2 Å². The van der Waals surface area contributed by atoms with Crippen LogP contribution in [0.4, 0.5) is 5.95 Å². The molecule has 146 valence electrons. The van der Waals surface area contributed by atoms with E-state index >= 15 is 0 Å². The maximum absolute atomic E-state index is 12.3. The Morgan fingerprint density at radius 3 is 2.46 bits per heavy atom. The number of carbonyl (C=O) groups is 1. The number of aromatic nitrogens is 2. The molecule has 0 bridgehead atoms. The predicted octanol–water partition coefficient (Wildman–Crippen LogP) is 2.22. The van der Waals surface area contributed by atoms with Crippen LogP contribution in [0.5, 0.6) is 17.2 Å². The smallest absolute Gasteiger partial charge is 0.269 e. The topological polar surface area (TPSA) is 110 Å². The highest BCUT2D eigenvalue weighted by Crippen LogP contribution is 2.27. The normalized spacial score (nSPS) is 10.2. The molecular formula is C18H19N5O4S. The number of benzene rings is 2. The number of hydrogen-bond donors (Lipinski definition) is 4. The van der Waals surface area contributed by atoms with Crippen molar-refractivity contribution >= 4 is 40.2 Å². The van der Waals surface area contributed by atoms with Crippen LogP contribution < -0.4 is 30.4 Å². The van der Waals surface area contributed by atoms with Gasteiger partial charge in [0.05, 0.1) is 26.8 Å². The van der Waals surface area contributed by atoms with E-state index in [1.54, 1.807) is 25.3 Å². The Kier molecular flexibility index (Phi) is 5.80. The molecule has 2 aromatic carbocycles. The zero-order valence-corrected chi connectivity index (χ0v) is 16.3. The van der Waals surface area contributed by atoms with E-state index in [0.29, 0.717) is 34.3 Å². The number of aromatic amines is 1. The average Bonchev–Trinajstić information content (AvgIpc) is 3.13. The Hall–Kier alpha value is -3.53. The molecular weight excluding hydrogens is 382 g/mol. The Morgan fingerprint density at radius 2 is 1.75 bits per heavy atom. The number of hydrazine groups is 1. The van der Waals surface area contributed by atoms with Crippen molar-refractivity contribution < 1.29 is 19.0 Å². The van der Waals surface area contributed by atoms with Crippen molar-refractivity contribution in [1.82, 2.24) is 20.8 Å². The van der Waals surface area contributed by atoms with E-state index in [2.05, 4.69) is 26.1 Å². The predicted molar refractivity (Wildman–Crippen MR) is 109 cm³/mol. The third kappa shape index (κ3) is 4.07. The van der Waals surface area contributed by atoms with Crippen molar-refractivity contribution in [1.29, 1.82) is 0 Å². The first-order chi connectivity index (χ1) is 13.5. The number of fused-ring (bicyclic) bond motifs is 1. The van der Waals surface area contributed by atoms with Gasteiger partial charge in [0.1, 0.15) is 11.3 Å². The molecule has 0 saturated heterocycles. The van der Waals surface area contributed by atoms with Gasteiger partial charge in [-0.2, -0.15) is 0 Å². The highest BCUT2D eigenvalue weighted by atomic mass is 32.1. The molecule has 4 N–H and O–H groups in total. The molecule has 0 aliphatic carbocycles. The van der Waals surface area contributed by atoms with Crippen molar-refractivity contribution in [3.05, 3.63) is 42.0 Å². The van der Waals surface area contributed by atoms with Gasteiger partial charge in [0.15, 0.2) is 16.6 Å². The number of hydrogen-bond acceptors (Lipinski definition) is 6. The van der Waals surface area contributed by atoms with Crippen LogP contribution in [0.3, 0.4) is 0 Å². The molecule has 0 saturated carbocycles. The van der Waals surface area contributed by atoms with Crippen molar-refractivity contribution in [2.45, 2.75) is 0 Å². The lowest BCUT2D eigenvalue weighted by Crippen LogP contribution is -2.43. The van der Waals surface area contributed by atoms with Gasteiger partial charge in [0.25, 0.3) is 5.91 Å². The summed E-state index contributed by atoms with van der Waals surface area (Å²) in [7, 11) is 4.60. The van der Waals surface area contributed by atoms with Crippen LogP contribution in [0.15, 0.2) is 36.4 Å². The van der Waals surface area contributed by atoms with Crippen LogP contribution >= 0.6 is 12.2 Å². The first-order valence-corrected chi connectivity index (χ1v) is 8.58. The van der Waals surface area contributed by atoms with Gasteiger partial charge in [-0.3, -0.25) is 15.6 Å². The fourth-order valence-corrected chi connectivity index (χ4v) is 2.68. The maximum atomic E-state index is 12.3. The number of H-pyrrole nitrogens is 1. The monoisotopic (exact) mass is 401 g/mol. The second-order valence-electron chi connectivity index (χ2n) is 5.54. The van der Waals surface area contributed by atoms with Crippen molar-refractivity contribution in [2.75, 3.05) is 26.6 Å². The van der Waals surface area contributed by atoms with Crippen LogP contribution in [0, 0.1) is 0 Å². The minimum Gasteiger partial charge on any atom is -0.494 e. The van der Waals surface area contributed by atoms with Gasteiger partial charge in [-0.1, -0.05) is 6.07 Å². The zero-order valence-electron chi connectivity index (χ0n) is 15.5. The molecule has 9 nitrogen and oxygen atoms in total. The molecule has 28 heavy (non-hydrogen) atoms. The largest absolute Gasteiger partial charge is 0.494 e. The molecule has 0 fully saturated rings. The Labute approximate surface area is 166 Å². The number of rotatable bonds is 5. The number of ether oxygens (including phenoxy) is 3. The molecule has 3 rings (SSSR count). The van der Waals surface area contributed by atoms with Crippen molar-refractivity contribution in [3.63, 3.8) is 0 Å². The first-order valence-electron chi connectivity index (χ1n) is 8.17. The van der Waals surface area contributed by atoms with Crippen LogP contribution in [0.2, 0.25) is 0 Å². The summed E-state index contributed by atoms with van der Waals surface area (Å²) < 4.78 is 15.6. The van der Waals surface area contributed by atoms with Crippen LogP contribution in [-0.4, -0.2) is 42.3 Å². The van der Waals surface area contributed by atoms with E-state index < -0.39 is 5.91 Å². The third-order valence-electron chi connectivity index (χ3n) is 3.86. The Balaban J connectivity index is 1.62. The maximum Gasteiger partial charge on any atom is 0.269 e. The van der Waals surface area contributed by atoms with Crippen molar-refractivity contribution in [3.8, 4) is 17.2 Å². The summed E-state index contributed by atoms with van der Waals surface area (Å²) in [6, 6.07) is 10.4. The van der Waals surface area contributed by atoms with Crippen LogP contribution in [-0.2, 0) is 0 Å². The number of thiocarbonyl (C=S) groups is 1. The number of nitrogens with one attached hydrogen (secondary N) is 4. The summed E-state index contributed by atoms with van der Waals surface area (Å²) in [5.41, 5.74) is 6.97. The summed E-state index contributed by atoms with van der Waals surface area (Å²) in [5.74, 6) is 1.65. The number of methoxy groups -OCH3 is 3. The van der Waals surface area contributed by atoms with Gasteiger partial charge in [0, 0.05) is 5.56 Å². The van der Waals surface area contributed by atoms with Crippen molar-refractivity contribution in [2.24, 2.45) is 0 Å². The summed E-state index contributed by atoms with van der Waals surface area (Å²) in [6.07, 6.45) is 0. The fraction of sp³-hybridized carbons (Fsp3) is 0.167. The lowest BCUT2D eigenvalue weighted by atomic mass is 10.2. The van der Waals surface area contributed by atoms with E-state index in [9.17, 15) is 4.79 Å². The molecule has 0 unspecified atom stereocenters. The SMILES string of the molecule is COc1ccc(C(=O)NNC(=S)Nc2nc3c(OC)cccc3[nH]2)cc1OC. The first kappa shape index (κ1) is 19.2. The van der Waals surface area contributed by atoms with Gasteiger partial charge in [-0.25, -0.2) is 4.98 Å². The standard InChI is InChI=1S/C18H19N5O4S/c1-25-12-8-7-10(9-14(12)27-3)16(24)22-23-18(28)21-17-19-11-5-4-6-13(26-2)15(11)20-17/h4-9H,1-3H3,(H,22,24)(H3,19,20,21,23,28). The van der Waals surface area contributed by atoms with E-state index in [-0.39, 0.29) is 5.11 Å². The number of amides is 1. The summed E-state index contributed by atoms with van der Waals surface area (Å²) in [4.78, 5) is 19.8. The Morgan fingerprint density at radius 1 is 1.00 bits per heavy atom. The Bertz CT molecular complexity index is 1020. The lowest BCUT2D eigenvalue weighted by Gasteiger charge is -2.12. The molecule has 0 aliphatic rings. The molecule has 1 heterocycles. The molecule has 1 aromatic heterocycles. The molecule has 0 spiro atoms. The van der Waals surface area contributed by atoms with Gasteiger partial charge in [0.2, 0.25) is 5.95 Å². The minimum absolute atomic E-state index is 0.159. The van der Waals surface area contributed by atoms with E-state index in [0.717, 1.165) is 5.52 Å². The summed E-state index contributed by atoms with van der Waals surface area (Å²) >= 11 is 5.19. The van der Waals surface area contributed by atoms with E-state index in [4.69, 9.17) is 26.4 Å². The lowest BCUT2D eigenvalue weighted by molar-refractivity contribution is 0.0943. The second kappa shape index (κ2) is 8.44. The molecule has 0 aliphatic heterocycles. The number of carbonyl (C=O) groups excluding carboxylic acids is 1. The van der Waals surface area contributed by atoms with Crippen LogP contribution in [0.25, 0.3) is 11.0 Å². The molecule has 10 heteroatoms. The number of imidazole rings is 1. The van der Waals surface area contributed by atoms with Gasteiger partial charge in [-0.05, 0) is 42.5 Å². The third-order valence-corrected chi connectivity index (χ3v) is 4.07. The summed E-state index contributed by atoms with van der Waals surface area (Å²) in [5, 5.41) is 3.03. The van der Waals surface area contributed by atoms with Gasteiger partial charge < -0.3 is 24.5 Å².